The number of hydrogen-bond donors (Lipinski definition) is 2. The molecule has 0 spiro atoms. The summed E-state index contributed by atoms with van der Waals surface area (Å²) >= 11 is 12.3. The summed E-state index contributed by atoms with van der Waals surface area (Å²) in [4.78, 5) is 28.2. The minimum Gasteiger partial charge on any atom is -0.341 e. The first-order valence-electron chi connectivity index (χ1n) is 11.9. The van der Waals surface area contributed by atoms with Crippen molar-refractivity contribution in [3.8, 4) is 0 Å². The van der Waals surface area contributed by atoms with Crippen LogP contribution in [-0.4, -0.2) is 36.0 Å². The average molecular weight is 510 g/mol. The summed E-state index contributed by atoms with van der Waals surface area (Å²) in [6.07, 6.45) is 3.32. The number of carbonyl (C=O) groups excluding carboxylic acids is 2. The molecule has 35 heavy (non-hydrogen) atoms. The quantitative estimate of drug-likeness (QED) is 0.397. The van der Waals surface area contributed by atoms with Gasteiger partial charge in [-0.3, -0.25) is 4.79 Å². The highest BCUT2D eigenvalue weighted by atomic mass is 35.5. The smallest absolute Gasteiger partial charge is 0.319 e. The van der Waals surface area contributed by atoms with Gasteiger partial charge in [-0.05, 0) is 48.4 Å². The zero-order valence-corrected chi connectivity index (χ0v) is 20.9. The maximum atomic E-state index is 13.5. The lowest BCUT2D eigenvalue weighted by Gasteiger charge is -2.34. The highest BCUT2D eigenvalue weighted by molar-refractivity contribution is 6.43. The molecule has 1 unspecified atom stereocenters. The minimum absolute atomic E-state index is 0.0700. The lowest BCUT2D eigenvalue weighted by atomic mass is 9.90. The van der Waals surface area contributed by atoms with Gasteiger partial charge in [0.25, 0.3) is 0 Å². The van der Waals surface area contributed by atoms with Gasteiger partial charge in [0.15, 0.2) is 0 Å². The maximum Gasteiger partial charge on any atom is 0.319 e. The van der Waals surface area contributed by atoms with Crippen molar-refractivity contribution < 1.29 is 9.59 Å². The lowest BCUT2D eigenvalue weighted by molar-refractivity contribution is -0.134. The molecule has 1 fully saturated rings. The molecular formula is C28H29Cl2N3O2. The number of hydrogen-bond acceptors (Lipinski definition) is 2. The third-order valence-corrected chi connectivity index (χ3v) is 7.20. The molecule has 0 radical (unpaired) electrons. The first kappa shape index (κ1) is 25.1. The number of piperidine rings is 1. The number of benzene rings is 3. The van der Waals surface area contributed by atoms with E-state index in [1.54, 1.807) is 18.2 Å². The van der Waals surface area contributed by atoms with Crippen LogP contribution >= 0.6 is 23.2 Å². The molecular weight excluding hydrogens is 481 g/mol. The summed E-state index contributed by atoms with van der Waals surface area (Å²) in [7, 11) is 0. The Labute approximate surface area is 216 Å². The first-order valence-corrected chi connectivity index (χ1v) is 12.6. The van der Waals surface area contributed by atoms with E-state index in [0.717, 1.165) is 24.8 Å². The van der Waals surface area contributed by atoms with E-state index in [1.165, 1.54) is 5.56 Å². The molecule has 1 atom stereocenters. The first-order chi connectivity index (χ1) is 17.0. The number of nitrogens with zero attached hydrogens (tertiary/aromatic N) is 1. The van der Waals surface area contributed by atoms with Crippen molar-refractivity contribution in [3.05, 3.63) is 100 Å². The van der Waals surface area contributed by atoms with Crippen molar-refractivity contribution in [1.82, 2.24) is 10.2 Å². The molecule has 7 heteroatoms. The van der Waals surface area contributed by atoms with Gasteiger partial charge in [0.05, 0.1) is 15.7 Å². The summed E-state index contributed by atoms with van der Waals surface area (Å²) in [6.45, 7) is 1.37. The molecule has 1 saturated heterocycles. The van der Waals surface area contributed by atoms with Crippen molar-refractivity contribution in [3.63, 3.8) is 0 Å². The normalized spacial score (nSPS) is 14.9. The van der Waals surface area contributed by atoms with Gasteiger partial charge in [0.2, 0.25) is 5.91 Å². The number of rotatable bonds is 7. The van der Waals surface area contributed by atoms with E-state index in [2.05, 4.69) is 34.9 Å². The fraction of sp³-hybridized carbons (Fsp3) is 0.286. The highest BCUT2D eigenvalue weighted by Gasteiger charge is 2.30. The molecule has 5 nitrogen and oxygen atoms in total. The second-order valence-corrected chi connectivity index (χ2v) is 9.69. The summed E-state index contributed by atoms with van der Waals surface area (Å²) in [6, 6.07) is 24.0. The summed E-state index contributed by atoms with van der Waals surface area (Å²) in [5, 5.41) is 6.20. The van der Waals surface area contributed by atoms with Crippen LogP contribution in [0.2, 0.25) is 10.0 Å². The van der Waals surface area contributed by atoms with Gasteiger partial charge in [-0.2, -0.15) is 0 Å². The molecule has 3 amide bonds. The predicted octanol–water partition coefficient (Wildman–Crippen LogP) is 6.21. The molecule has 0 saturated carbocycles. The highest BCUT2D eigenvalue weighted by Crippen LogP contribution is 2.29. The molecule has 3 aromatic rings. The number of amides is 3. The molecule has 0 aromatic heterocycles. The zero-order chi connectivity index (χ0) is 24.6. The Hall–Kier alpha value is -3.02. The third kappa shape index (κ3) is 7.00. The molecule has 1 aliphatic rings. The van der Waals surface area contributed by atoms with Gasteiger partial charge in [-0.1, -0.05) is 89.9 Å². The Morgan fingerprint density at radius 3 is 2.14 bits per heavy atom. The summed E-state index contributed by atoms with van der Waals surface area (Å²) in [5.41, 5.74) is 2.70. The molecule has 0 bridgehead atoms. The monoisotopic (exact) mass is 509 g/mol. The van der Waals surface area contributed by atoms with E-state index in [0.29, 0.717) is 36.1 Å². The van der Waals surface area contributed by atoms with Gasteiger partial charge in [0.1, 0.15) is 6.04 Å². The number of halogens is 2. The van der Waals surface area contributed by atoms with Crippen LogP contribution in [0, 0.1) is 5.92 Å². The summed E-state index contributed by atoms with van der Waals surface area (Å²) < 4.78 is 0. The van der Waals surface area contributed by atoms with Crippen molar-refractivity contribution >= 4 is 40.8 Å². The SMILES string of the molecule is O=C(Nc1cccc(Cl)c1Cl)NC(Cc1ccccc1)C(=O)N1CCC(Cc2ccccc2)CC1. The van der Waals surface area contributed by atoms with Crippen LogP contribution in [-0.2, 0) is 17.6 Å². The van der Waals surface area contributed by atoms with Crippen molar-refractivity contribution in [2.24, 2.45) is 5.92 Å². The van der Waals surface area contributed by atoms with E-state index in [-0.39, 0.29) is 10.9 Å². The average Bonchev–Trinajstić information content (AvgIpc) is 2.88. The summed E-state index contributed by atoms with van der Waals surface area (Å²) in [5.74, 6) is 0.481. The maximum absolute atomic E-state index is 13.5. The number of nitrogens with one attached hydrogen (secondary N) is 2. The minimum atomic E-state index is -0.693. The molecule has 3 aromatic carbocycles. The Balaban J connectivity index is 1.40. The second-order valence-electron chi connectivity index (χ2n) is 8.90. The van der Waals surface area contributed by atoms with Gasteiger partial charge >= 0.3 is 6.03 Å². The standard InChI is InChI=1S/C28H29Cl2N3O2/c29-23-12-7-13-24(26(23)30)31-28(35)32-25(19-21-10-5-2-6-11-21)27(34)33-16-14-22(15-17-33)18-20-8-3-1-4-9-20/h1-13,22,25H,14-19H2,(H2,31,32,35). The third-order valence-electron chi connectivity index (χ3n) is 6.38. The Kier molecular flexibility index (Phi) is 8.67. The van der Waals surface area contributed by atoms with Crippen molar-refractivity contribution in [2.45, 2.75) is 31.7 Å². The zero-order valence-electron chi connectivity index (χ0n) is 19.4. The van der Waals surface area contributed by atoms with Crippen LogP contribution in [0.4, 0.5) is 10.5 Å². The predicted molar refractivity (Wildman–Crippen MR) is 142 cm³/mol. The molecule has 1 aliphatic heterocycles. The fourth-order valence-corrected chi connectivity index (χ4v) is 4.84. The van der Waals surface area contributed by atoms with Crippen molar-refractivity contribution in [2.75, 3.05) is 18.4 Å². The number of likely N-dealkylation sites (tertiary alicyclic amines) is 1. The van der Waals surface area contributed by atoms with Crippen molar-refractivity contribution in [1.29, 1.82) is 0 Å². The lowest BCUT2D eigenvalue weighted by Crippen LogP contribution is -2.52. The van der Waals surface area contributed by atoms with E-state index in [1.807, 2.05) is 41.3 Å². The van der Waals surface area contributed by atoms with Crippen LogP contribution in [0.1, 0.15) is 24.0 Å². The van der Waals surface area contributed by atoms with Gasteiger partial charge in [-0.15, -0.1) is 0 Å². The van der Waals surface area contributed by atoms with E-state index < -0.39 is 12.1 Å². The van der Waals surface area contributed by atoms with Crippen LogP contribution in [0.15, 0.2) is 78.9 Å². The molecule has 4 rings (SSSR count). The van der Waals surface area contributed by atoms with E-state index in [4.69, 9.17) is 23.2 Å². The Bertz CT molecular complexity index is 1130. The Morgan fingerprint density at radius 1 is 0.857 bits per heavy atom. The topological polar surface area (TPSA) is 61.4 Å². The number of carbonyl (C=O) groups is 2. The van der Waals surface area contributed by atoms with Gasteiger partial charge in [0, 0.05) is 19.5 Å². The molecule has 182 valence electrons. The molecule has 1 heterocycles. The van der Waals surface area contributed by atoms with Crippen LogP contribution < -0.4 is 10.6 Å². The Morgan fingerprint density at radius 2 is 1.49 bits per heavy atom. The van der Waals surface area contributed by atoms with Crippen LogP contribution in [0.3, 0.4) is 0 Å². The van der Waals surface area contributed by atoms with Crippen LogP contribution in [0.5, 0.6) is 0 Å². The van der Waals surface area contributed by atoms with Crippen LogP contribution in [0.25, 0.3) is 0 Å². The molecule has 0 aliphatic carbocycles. The van der Waals surface area contributed by atoms with E-state index in [9.17, 15) is 9.59 Å². The fourth-order valence-electron chi connectivity index (χ4n) is 4.49. The molecule has 2 N–H and O–H groups in total. The second kappa shape index (κ2) is 12.1. The van der Waals surface area contributed by atoms with Gasteiger partial charge in [-0.25, -0.2) is 4.79 Å². The van der Waals surface area contributed by atoms with Gasteiger partial charge < -0.3 is 15.5 Å². The number of anilines is 1. The number of urea groups is 1. The van der Waals surface area contributed by atoms with E-state index >= 15 is 0 Å². The largest absolute Gasteiger partial charge is 0.341 e.